The van der Waals surface area contributed by atoms with E-state index in [2.05, 4.69) is 6.58 Å². The van der Waals surface area contributed by atoms with E-state index in [4.69, 9.17) is 13.7 Å². The fourth-order valence-electron chi connectivity index (χ4n) is 3.67. The average molecular weight is 330 g/mol. The smallest absolute Gasteiger partial charge is 0.344 e. The Morgan fingerprint density at radius 3 is 2.68 bits per heavy atom. The maximum atomic E-state index is 11.9. The zero-order valence-corrected chi connectivity index (χ0v) is 13.0. The highest BCUT2D eigenvalue weighted by Gasteiger charge is 2.60. The SMILES string of the molecule is C=C(C)C(=O)OCC(=O)OC1CC2CC3C1OS(=O)(=O)C3C2. The van der Waals surface area contributed by atoms with Crippen molar-refractivity contribution in [1.82, 2.24) is 0 Å². The molecule has 5 unspecified atom stereocenters. The molecule has 22 heavy (non-hydrogen) atoms. The molecule has 3 fully saturated rings. The molecule has 0 radical (unpaired) electrons. The van der Waals surface area contributed by atoms with Gasteiger partial charge in [0.2, 0.25) is 0 Å². The van der Waals surface area contributed by atoms with Crippen LogP contribution in [0.1, 0.15) is 26.2 Å². The van der Waals surface area contributed by atoms with Crippen molar-refractivity contribution < 1.29 is 31.7 Å². The number of carbonyl (C=O) groups excluding carboxylic acids is 2. The van der Waals surface area contributed by atoms with Crippen LogP contribution in [0.2, 0.25) is 0 Å². The molecule has 0 spiro atoms. The van der Waals surface area contributed by atoms with Crippen LogP contribution in [0.4, 0.5) is 0 Å². The Hall–Kier alpha value is -1.41. The molecular formula is C14H18O7S. The van der Waals surface area contributed by atoms with E-state index in [1.807, 2.05) is 0 Å². The molecule has 2 bridgehead atoms. The second-order valence-corrected chi connectivity index (χ2v) is 8.00. The van der Waals surface area contributed by atoms with Gasteiger partial charge in [-0.1, -0.05) is 6.58 Å². The minimum Gasteiger partial charge on any atom is -0.457 e. The molecule has 0 aromatic carbocycles. The third-order valence-corrected chi connectivity index (χ3v) is 6.35. The molecule has 122 valence electrons. The zero-order valence-electron chi connectivity index (χ0n) is 12.2. The molecule has 7 nitrogen and oxygen atoms in total. The highest BCUT2D eigenvalue weighted by atomic mass is 32.2. The van der Waals surface area contributed by atoms with Gasteiger partial charge in [-0.15, -0.1) is 0 Å². The summed E-state index contributed by atoms with van der Waals surface area (Å²) in [6, 6.07) is 0. The first-order valence-corrected chi connectivity index (χ1v) is 8.69. The molecule has 0 aromatic rings. The van der Waals surface area contributed by atoms with E-state index in [-0.39, 0.29) is 17.4 Å². The summed E-state index contributed by atoms with van der Waals surface area (Å²) in [5.74, 6) is -1.23. The normalized spacial score (nSPS) is 37.6. The van der Waals surface area contributed by atoms with Crippen LogP contribution >= 0.6 is 0 Å². The minimum absolute atomic E-state index is 0.0977. The van der Waals surface area contributed by atoms with Gasteiger partial charge in [0.25, 0.3) is 10.1 Å². The van der Waals surface area contributed by atoms with Gasteiger partial charge in [0.15, 0.2) is 6.61 Å². The van der Waals surface area contributed by atoms with Gasteiger partial charge in [-0.05, 0) is 32.1 Å². The van der Waals surface area contributed by atoms with Gasteiger partial charge < -0.3 is 9.47 Å². The summed E-state index contributed by atoms with van der Waals surface area (Å²) < 4.78 is 39.0. The van der Waals surface area contributed by atoms with E-state index in [1.165, 1.54) is 6.92 Å². The van der Waals surface area contributed by atoms with Crippen LogP contribution in [0.5, 0.6) is 0 Å². The lowest BCUT2D eigenvalue weighted by molar-refractivity contribution is -0.167. The molecular weight excluding hydrogens is 312 g/mol. The first-order valence-electron chi connectivity index (χ1n) is 7.22. The molecule has 3 aliphatic rings. The predicted molar refractivity (Wildman–Crippen MR) is 74.1 cm³/mol. The van der Waals surface area contributed by atoms with Crippen molar-refractivity contribution in [2.75, 3.05) is 6.61 Å². The maximum Gasteiger partial charge on any atom is 0.344 e. The monoisotopic (exact) mass is 330 g/mol. The third kappa shape index (κ3) is 2.65. The van der Waals surface area contributed by atoms with Gasteiger partial charge in [-0.25, -0.2) is 9.59 Å². The van der Waals surface area contributed by atoms with Crippen molar-refractivity contribution >= 4 is 22.1 Å². The molecule has 1 heterocycles. The summed E-state index contributed by atoms with van der Waals surface area (Å²) in [7, 11) is -3.55. The summed E-state index contributed by atoms with van der Waals surface area (Å²) >= 11 is 0. The Morgan fingerprint density at radius 2 is 2.00 bits per heavy atom. The molecule has 0 N–H and O–H groups in total. The standard InChI is InChI=1S/C14H18O7S/c1-7(2)14(16)19-6-12(15)20-10-4-8-3-9-11(5-8)22(17,18)21-13(9)10/h8-11,13H,1,3-6H2,2H3. The van der Waals surface area contributed by atoms with Crippen LogP contribution in [0, 0.1) is 11.8 Å². The third-order valence-electron chi connectivity index (χ3n) is 4.57. The number of hydrogen-bond acceptors (Lipinski definition) is 7. The molecule has 2 saturated carbocycles. The average Bonchev–Trinajstić information content (AvgIpc) is 2.90. The Morgan fingerprint density at radius 1 is 1.27 bits per heavy atom. The van der Waals surface area contributed by atoms with Crippen LogP contribution in [-0.2, 0) is 33.4 Å². The van der Waals surface area contributed by atoms with Crippen molar-refractivity contribution in [3.05, 3.63) is 12.2 Å². The van der Waals surface area contributed by atoms with Crippen LogP contribution in [0.15, 0.2) is 12.2 Å². The van der Waals surface area contributed by atoms with E-state index >= 15 is 0 Å². The summed E-state index contributed by atoms with van der Waals surface area (Å²) in [5.41, 5.74) is 0.191. The van der Waals surface area contributed by atoms with Crippen LogP contribution < -0.4 is 0 Å². The molecule has 0 amide bonds. The van der Waals surface area contributed by atoms with Gasteiger partial charge in [-0.3, -0.25) is 4.18 Å². The molecule has 1 saturated heterocycles. The van der Waals surface area contributed by atoms with E-state index < -0.39 is 46.1 Å². The van der Waals surface area contributed by atoms with Gasteiger partial charge in [0.1, 0.15) is 12.2 Å². The van der Waals surface area contributed by atoms with Gasteiger partial charge >= 0.3 is 11.9 Å². The van der Waals surface area contributed by atoms with Crippen LogP contribution in [0.25, 0.3) is 0 Å². The predicted octanol–water partition coefficient (Wildman–Crippen LogP) is 0.545. The second-order valence-electron chi connectivity index (χ2n) is 6.21. The van der Waals surface area contributed by atoms with Crippen molar-refractivity contribution in [2.45, 2.75) is 43.6 Å². The first-order chi connectivity index (χ1) is 10.3. The summed E-state index contributed by atoms with van der Waals surface area (Å²) in [6.45, 7) is 4.37. The topological polar surface area (TPSA) is 96.0 Å². The first kappa shape index (κ1) is 15.5. The van der Waals surface area contributed by atoms with Gasteiger partial charge in [0, 0.05) is 11.5 Å². The molecule has 1 aliphatic heterocycles. The van der Waals surface area contributed by atoms with Crippen molar-refractivity contribution in [2.24, 2.45) is 11.8 Å². The number of fused-ring (bicyclic) bond motifs is 1. The highest BCUT2D eigenvalue weighted by molar-refractivity contribution is 7.87. The molecule has 2 aliphatic carbocycles. The zero-order chi connectivity index (χ0) is 16.1. The maximum absolute atomic E-state index is 11.9. The second kappa shape index (κ2) is 5.34. The Balaban J connectivity index is 1.61. The fraction of sp³-hybridized carbons (Fsp3) is 0.714. The lowest BCUT2D eigenvalue weighted by Crippen LogP contribution is -2.40. The molecule has 3 rings (SSSR count). The lowest BCUT2D eigenvalue weighted by atomic mass is 9.84. The minimum atomic E-state index is -3.55. The van der Waals surface area contributed by atoms with Crippen molar-refractivity contribution in [1.29, 1.82) is 0 Å². The van der Waals surface area contributed by atoms with E-state index in [0.29, 0.717) is 12.8 Å². The largest absolute Gasteiger partial charge is 0.457 e. The van der Waals surface area contributed by atoms with Crippen LogP contribution in [0.3, 0.4) is 0 Å². The molecule has 5 atom stereocenters. The Bertz CT molecular complexity index is 623. The number of rotatable bonds is 4. The van der Waals surface area contributed by atoms with Crippen LogP contribution in [-0.4, -0.2) is 44.4 Å². The summed E-state index contributed by atoms with van der Waals surface area (Å²) in [5, 5.41) is -0.465. The van der Waals surface area contributed by atoms with Gasteiger partial charge in [0.05, 0.1) is 5.25 Å². The van der Waals surface area contributed by atoms with E-state index in [9.17, 15) is 18.0 Å². The van der Waals surface area contributed by atoms with Crippen molar-refractivity contribution in [3.8, 4) is 0 Å². The van der Waals surface area contributed by atoms with Gasteiger partial charge in [-0.2, -0.15) is 8.42 Å². The molecule has 8 heteroatoms. The quantitative estimate of drug-likeness (QED) is 0.422. The van der Waals surface area contributed by atoms with Crippen molar-refractivity contribution in [3.63, 3.8) is 0 Å². The number of ether oxygens (including phenoxy) is 2. The molecule has 0 aromatic heterocycles. The number of hydrogen-bond donors (Lipinski definition) is 0. The van der Waals surface area contributed by atoms with E-state index in [0.717, 1.165) is 6.42 Å². The number of esters is 2. The summed E-state index contributed by atoms with van der Waals surface area (Å²) in [6.07, 6.45) is 0.764. The fourth-order valence-corrected chi connectivity index (χ4v) is 5.59. The number of carbonyl (C=O) groups is 2. The Labute approximate surface area is 128 Å². The van der Waals surface area contributed by atoms with E-state index in [1.54, 1.807) is 0 Å². The Kier molecular flexibility index (Phi) is 3.76. The summed E-state index contributed by atoms with van der Waals surface area (Å²) in [4.78, 5) is 23.0. The lowest BCUT2D eigenvalue weighted by Gasteiger charge is -2.31. The highest BCUT2D eigenvalue weighted by Crippen LogP contribution is 2.52.